The number of amides is 2. The maximum Gasteiger partial charge on any atom is 0.264 e. The molecule has 34 heavy (non-hydrogen) atoms. The number of ether oxygens (including phenoxy) is 1. The van der Waals surface area contributed by atoms with Gasteiger partial charge in [-0.15, -0.1) is 22.7 Å². The SMILES string of the molecule is CC[C@@H](C)CN(CC(=O)N1CCc2sccc2[C@@H]1COc1ccc(C)cc1)C(=O)c1cccs1. The van der Waals surface area contributed by atoms with Crippen LogP contribution in [0.5, 0.6) is 5.75 Å². The van der Waals surface area contributed by atoms with Gasteiger partial charge in [0.1, 0.15) is 18.9 Å². The van der Waals surface area contributed by atoms with Gasteiger partial charge in [0.15, 0.2) is 0 Å². The zero-order valence-electron chi connectivity index (χ0n) is 20.0. The zero-order chi connectivity index (χ0) is 24.1. The van der Waals surface area contributed by atoms with E-state index < -0.39 is 0 Å². The van der Waals surface area contributed by atoms with Gasteiger partial charge in [0.05, 0.1) is 10.9 Å². The minimum atomic E-state index is -0.161. The second-order valence-electron chi connectivity index (χ2n) is 8.95. The molecule has 4 rings (SSSR count). The summed E-state index contributed by atoms with van der Waals surface area (Å²) < 4.78 is 6.13. The molecule has 5 nitrogen and oxygen atoms in total. The Morgan fingerprint density at radius 1 is 1.15 bits per heavy atom. The van der Waals surface area contributed by atoms with E-state index in [0.29, 0.717) is 30.5 Å². The minimum absolute atomic E-state index is 0.0254. The van der Waals surface area contributed by atoms with Gasteiger partial charge in [0, 0.05) is 18.0 Å². The van der Waals surface area contributed by atoms with Gasteiger partial charge < -0.3 is 14.5 Å². The molecule has 0 radical (unpaired) electrons. The molecule has 180 valence electrons. The maximum absolute atomic E-state index is 13.6. The van der Waals surface area contributed by atoms with Gasteiger partial charge in [-0.2, -0.15) is 0 Å². The fourth-order valence-electron chi connectivity index (χ4n) is 4.22. The summed E-state index contributed by atoms with van der Waals surface area (Å²) in [7, 11) is 0. The lowest BCUT2D eigenvalue weighted by molar-refractivity contribution is -0.135. The van der Waals surface area contributed by atoms with Gasteiger partial charge in [0.25, 0.3) is 5.91 Å². The first-order valence-electron chi connectivity index (χ1n) is 11.8. The molecule has 1 aromatic carbocycles. The third kappa shape index (κ3) is 5.70. The van der Waals surface area contributed by atoms with Crippen molar-refractivity contribution in [2.45, 2.75) is 39.7 Å². The van der Waals surface area contributed by atoms with Crippen LogP contribution in [0.25, 0.3) is 0 Å². The smallest absolute Gasteiger partial charge is 0.264 e. The van der Waals surface area contributed by atoms with Crippen molar-refractivity contribution in [1.82, 2.24) is 9.80 Å². The second-order valence-corrected chi connectivity index (χ2v) is 10.9. The zero-order valence-corrected chi connectivity index (χ0v) is 21.7. The third-order valence-corrected chi connectivity index (χ3v) is 8.27. The van der Waals surface area contributed by atoms with Crippen LogP contribution in [0.1, 0.15) is 52.0 Å². The van der Waals surface area contributed by atoms with Crippen LogP contribution in [0, 0.1) is 12.8 Å². The highest BCUT2D eigenvalue weighted by Gasteiger charge is 2.34. The first kappa shape index (κ1) is 24.5. The summed E-state index contributed by atoms with van der Waals surface area (Å²) in [5.41, 5.74) is 2.34. The molecule has 2 amide bonds. The molecule has 2 atom stereocenters. The average Bonchev–Trinajstić information content (AvgIpc) is 3.54. The number of fused-ring (bicyclic) bond motifs is 1. The van der Waals surface area contributed by atoms with Gasteiger partial charge in [-0.3, -0.25) is 9.59 Å². The third-order valence-electron chi connectivity index (χ3n) is 6.42. The fourth-order valence-corrected chi connectivity index (χ4v) is 5.84. The van der Waals surface area contributed by atoms with Crippen LogP contribution < -0.4 is 4.74 Å². The van der Waals surface area contributed by atoms with Crippen LogP contribution >= 0.6 is 22.7 Å². The molecule has 1 aliphatic rings. The molecule has 0 unspecified atom stereocenters. The van der Waals surface area contributed by atoms with E-state index in [1.807, 2.05) is 53.6 Å². The van der Waals surface area contributed by atoms with Crippen molar-refractivity contribution in [1.29, 1.82) is 0 Å². The number of benzene rings is 1. The summed E-state index contributed by atoms with van der Waals surface area (Å²) in [6.45, 7) is 7.97. The van der Waals surface area contributed by atoms with E-state index in [-0.39, 0.29) is 24.4 Å². The van der Waals surface area contributed by atoms with Crippen LogP contribution in [-0.4, -0.2) is 47.9 Å². The Balaban J connectivity index is 1.52. The van der Waals surface area contributed by atoms with Crippen LogP contribution in [-0.2, 0) is 11.2 Å². The molecular formula is C27H32N2O3S2. The molecule has 0 saturated heterocycles. The first-order chi connectivity index (χ1) is 16.5. The largest absolute Gasteiger partial charge is 0.491 e. The number of carbonyl (C=O) groups is 2. The predicted octanol–water partition coefficient (Wildman–Crippen LogP) is 5.81. The Kier molecular flexibility index (Phi) is 8.06. The molecular weight excluding hydrogens is 464 g/mol. The van der Waals surface area contributed by atoms with E-state index in [9.17, 15) is 9.59 Å². The molecule has 1 aliphatic heterocycles. The van der Waals surface area contributed by atoms with Crippen molar-refractivity contribution >= 4 is 34.5 Å². The molecule has 0 fully saturated rings. The molecule has 0 aliphatic carbocycles. The van der Waals surface area contributed by atoms with Crippen molar-refractivity contribution in [2.24, 2.45) is 5.92 Å². The van der Waals surface area contributed by atoms with E-state index in [1.165, 1.54) is 21.8 Å². The van der Waals surface area contributed by atoms with Gasteiger partial charge in [0.2, 0.25) is 5.91 Å². The maximum atomic E-state index is 13.6. The van der Waals surface area contributed by atoms with Crippen LogP contribution in [0.2, 0.25) is 0 Å². The Bertz CT molecular complexity index is 1090. The first-order valence-corrected chi connectivity index (χ1v) is 13.6. The Hall–Kier alpha value is -2.64. The van der Waals surface area contributed by atoms with E-state index >= 15 is 0 Å². The average molecular weight is 497 g/mol. The van der Waals surface area contributed by atoms with Crippen LogP contribution in [0.4, 0.5) is 0 Å². The number of carbonyl (C=O) groups excluding carboxylic acids is 2. The second kappa shape index (κ2) is 11.2. The summed E-state index contributed by atoms with van der Waals surface area (Å²) in [4.78, 5) is 32.5. The highest BCUT2D eigenvalue weighted by molar-refractivity contribution is 7.12. The minimum Gasteiger partial charge on any atom is -0.491 e. The van der Waals surface area contributed by atoms with Gasteiger partial charge in [-0.05, 0) is 59.9 Å². The summed E-state index contributed by atoms with van der Waals surface area (Å²) in [6.07, 6.45) is 1.79. The van der Waals surface area contributed by atoms with Crippen LogP contribution in [0.3, 0.4) is 0 Å². The van der Waals surface area contributed by atoms with E-state index in [0.717, 1.165) is 24.2 Å². The molecule has 7 heteroatoms. The van der Waals surface area contributed by atoms with Crippen molar-refractivity contribution in [3.8, 4) is 5.75 Å². The summed E-state index contributed by atoms with van der Waals surface area (Å²) >= 11 is 3.16. The Morgan fingerprint density at radius 2 is 1.94 bits per heavy atom. The van der Waals surface area contributed by atoms with Gasteiger partial charge >= 0.3 is 0 Å². The van der Waals surface area contributed by atoms with E-state index in [2.05, 4.69) is 25.3 Å². The quantitative estimate of drug-likeness (QED) is 0.376. The summed E-state index contributed by atoms with van der Waals surface area (Å²) in [5.74, 6) is 1.03. The van der Waals surface area contributed by atoms with Crippen LogP contribution in [0.15, 0.2) is 53.2 Å². The topological polar surface area (TPSA) is 49.9 Å². The highest BCUT2D eigenvalue weighted by Crippen LogP contribution is 2.34. The normalized spacial score (nSPS) is 16.1. The molecule has 0 spiro atoms. The number of rotatable bonds is 9. The molecule has 0 bridgehead atoms. The number of hydrogen-bond donors (Lipinski definition) is 0. The van der Waals surface area contributed by atoms with Crippen molar-refractivity contribution in [3.63, 3.8) is 0 Å². The lowest BCUT2D eigenvalue weighted by Crippen LogP contribution is -2.48. The lowest BCUT2D eigenvalue weighted by Gasteiger charge is -2.37. The summed E-state index contributed by atoms with van der Waals surface area (Å²) in [6, 6.07) is 13.6. The molecule has 0 saturated carbocycles. The van der Waals surface area contributed by atoms with Crippen molar-refractivity contribution in [3.05, 3.63) is 74.1 Å². The number of thiophene rings is 2. The number of nitrogens with zero attached hydrogens (tertiary/aromatic N) is 2. The molecule has 3 heterocycles. The van der Waals surface area contributed by atoms with E-state index in [1.54, 1.807) is 16.2 Å². The molecule has 0 N–H and O–H groups in total. The monoisotopic (exact) mass is 496 g/mol. The molecule has 2 aromatic heterocycles. The van der Waals surface area contributed by atoms with Crippen molar-refractivity contribution < 1.29 is 14.3 Å². The summed E-state index contributed by atoms with van der Waals surface area (Å²) in [5, 5.41) is 3.99. The Morgan fingerprint density at radius 3 is 2.65 bits per heavy atom. The number of aryl methyl sites for hydroxylation is 1. The lowest BCUT2D eigenvalue weighted by atomic mass is 10.00. The number of hydrogen-bond acceptors (Lipinski definition) is 5. The van der Waals surface area contributed by atoms with Crippen molar-refractivity contribution in [2.75, 3.05) is 26.2 Å². The standard InChI is InChI=1S/C27H32N2O3S2/c1-4-19(2)16-28(27(31)25-6-5-14-33-25)17-26(30)29-13-11-24-22(12-15-34-24)23(29)18-32-21-9-7-20(3)8-10-21/h5-10,12,14-15,19,23H,4,11,13,16-18H2,1-3H3/t19-,23+/m1/s1. The van der Waals surface area contributed by atoms with E-state index in [4.69, 9.17) is 4.74 Å². The molecule has 3 aromatic rings. The van der Waals surface area contributed by atoms with Gasteiger partial charge in [-0.25, -0.2) is 0 Å². The fraction of sp³-hybridized carbons (Fsp3) is 0.407. The predicted molar refractivity (Wildman–Crippen MR) is 139 cm³/mol. The highest BCUT2D eigenvalue weighted by atomic mass is 32.1. The Labute approximate surface area is 210 Å². The van der Waals surface area contributed by atoms with Gasteiger partial charge in [-0.1, -0.05) is 44.0 Å².